The van der Waals surface area contributed by atoms with Gasteiger partial charge in [-0.05, 0) is 37.8 Å². The van der Waals surface area contributed by atoms with Crippen molar-refractivity contribution in [1.29, 1.82) is 10.5 Å². The van der Waals surface area contributed by atoms with Crippen LogP contribution in [0, 0.1) is 22.7 Å². The summed E-state index contributed by atoms with van der Waals surface area (Å²) in [5.74, 6) is -0.827. The number of nitrogens with one attached hydrogen (secondary N) is 2. The lowest BCUT2D eigenvalue weighted by atomic mass is 10.0. The zero-order valence-electron chi connectivity index (χ0n) is 22.8. The topological polar surface area (TPSA) is 185 Å². The molecule has 3 aromatic rings. The van der Waals surface area contributed by atoms with Gasteiger partial charge in [0.2, 0.25) is 11.9 Å². The van der Waals surface area contributed by atoms with Gasteiger partial charge in [0.25, 0.3) is 0 Å². The van der Waals surface area contributed by atoms with Gasteiger partial charge in [0.05, 0.1) is 34.2 Å². The van der Waals surface area contributed by atoms with E-state index in [1.54, 1.807) is 12.1 Å². The first kappa shape index (κ1) is 27.5. The van der Waals surface area contributed by atoms with E-state index >= 15 is 0 Å². The minimum atomic E-state index is -0.913. The van der Waals surface area contributed by atoms with Gasteiger partial charge < -0.3 is 26.2 Å². The Kier molecular flexibility index (Phi) is 7.41. The number of nitrogens with two attached hydrogens (primary N) is 1. The summed E-state index contributed by atoms with van der Waals surface area (Å²) < 4.78 is 1.51. The fourth-order valence-electron chi connectivity index (χ4n) is 5.55. The van der Waals surface area contributed by atoms with Crippen LogP contribution in [0.2, 0.25) is 5.02 Å². The van der Waals surface area contributed by atoms with Gasteiger partial charge in [-0.3, -0.25) is 14.5 Å². The first-order chi connectivity index (χ1) is 20.3. The van der Waals surface area contributed by atoms with Crippen molar-refractivity contribution in [3.8, 4) is 12.1 Å². The number of nitriles is 2. The maximum absolute atomic E-state index is 11.9. The molecule has 4 N–H and O–H groups in total. The number of carbonyl (C=O) groups excluding carboxylic acids is 2. The van der Waals surface area contributed by atoms with Gasteiger partial charge in [-0.15, -0.1) is 0 Å². The Balaban J connectivity index is 1.18. The summed E-state index contributed by atoms with van der Waals surface area (Å²) in [6.07, 6.45) is 5.08. The number of hydrogen-bond donors (Lipinski definition) is 3. The smallest absolute Gasteiger partial charge is 0.311 e. The van der Waals surface area contributed by atoms with Gasteiger partial charge in [-0.2, -0.15) is 30.1 Å². The largest absolute Gasteiger partial charge is 0.368 e. The lowest BCUT2D eigenvalue weighted by Gasteiger charge is -2.43. The number of piperidine rings is 1. The van der Waals surface area contributed by atoms with Crippen LogP contribution in [-0.2, 0) is 9.59 Å². The third kappa shape index (κ3) is 5.46. The zero-order valence-corrected chi connectivity index (χ0v) is 23.5. The molecule has 14 nitrogen and oxygen atoms in total. The fourth-order valence-corrected chi connectivity index (χ4v) is 5.82. The zero-order chi connectivity index (χ0) is 29.4. The molecule has 1 aromatic carbocycles. The third-order valence-corrected chi connectivity index (χ3v) is 8.36. The molecule has 0 unspecified atom stereocenters. The molecule has 1 aliphatic carbocycles. The van der Waals surface area contributed by atoms with E-state index in [1.165, 1.54) is 15.6 Å². The van der Waals surface area contributed by atoms with Crippen molar-refractivity contribution in [2.75, 3.05) is 54.8 Å². The van der Waals surface area contributed by atoms with E-state index < -0.39 is 11.8 Å². The van der Waals surface area contributed by atoms with Crippen molar-refractivity contribution in [3.05, 3.63) is 34.5 Å². The standard InChI is InChI=1S/C27H29ClN12O2/c28-22-20(34-26-35-24-17(14-30)15-32-40(24)27(36-26)33-18-1-2-18)11-16(13-29)12-21(22)38-9-7-37(8-10-38)19-3-5-39(6-4-19)25(42)23(31)41/h11-12,15,18-19H,1-10H2,(H2,31,41)(H2,33,34,35,36). The van der Waals surface area contributed by atoms with Crippen LogP contribution in [0.5, 0.6) is 0 Å². The number of rotatable bonds is 6. The van der Waals surface area contributed by atoms with Gasteiger partial charge in [0.1, 0.15) is 11.6 Å². The number of primary amides is 1. The van der Waals surface area contributed by atoms with Crippen LogP contribution in [0.4, 0.5) is 23.3 Å². The maximum Gasteiger partial charge on any atom is 0.311 e. The molecular formula is C27H29ClN12O2. The molecule has 15 heteroatoms. The van der Waals surface area contributed by atoms with E-state index in [2.05, 4.69) is 47.6 Å². The third-order valence-electron chi connectivity index (χ3n) is 7.96. The molecule has 6 rings (SSSR count). The number of piperazine rings is 1. The molecule has 2 aliphatic heterocycles. The lowest BCUT2D eigenvalue weighted by Crippen LogP contribution is -2.54. The van der Waals surface area contributed by atoms with Crippen molar-refractivity contribution in [3.63, 3.8) is 0 Å². The van der Waals surface area contributed by atoms with Crippen molar-refractivity contribution < 1.29 is 9.59 Å². The van der Waals surface area contributed by atoms with E-state index in [1.807, 2.05) is 0 Å². The van der Waals surface area contributed by atoms with Crippen LogP contribution < -0.4 is 21.3 Å². The Morgan fingerprint density at radius 1 is 1.00 bits per heavy atom. The number of fused-ring (bicyclic) bond motifs is 1. The predicted octanol–water partition coefficient (Wildman–Crippen LogP) is 1.44. The average molecular weight is 589 g/mol. The normalized spacial score (nSPS) is 18.0. The van der Waals surface area contributed by atoms with Gasteiger partial charge >= 0.3 is 11.8 Å². The van der Waals surface area contributed by atoms with E-state index in [-0.39, 0.29) is 5.95 Å². The highest BCUT2D eigenvalue weighted by Crippen LogP contribution is 2.37. The number of nitrogens with zero attached hydrogens (tertiary/aromatic N) is 9. The first-order valence-electron chi connectivity index (χ1n) is 13.9. The number of amides is 2. The second kappa shape index (κ2) is 11.3. The molecule has 2 saturated heterocycles. The van der Waals surface area contributed by atoms with Crippen molar-refractivity contribution >= 4 is 52.3 Å². The monoisotopic (exact) mass is 588 g/mol. The molecular weight excluding hydrogens is 560 g/mol. The number of carbonyl (C=O) groups is 2. The lowest BCUT2D eigenvalue weighted by molar-refractivity contribution is -0.145. The average Bonchev–Trinajstić information content (AvgIpc) is 3.73. The van der Waals surface area contributed by atoms with Crippen LogP contribution in [0.3, 0.4) is 0 Å². The van der Waals surface area contributed by atoms with E-state index in [0.29, 0.717) is 71.7 Å². The summed E-state index contributed by atoms with van der Waals surface area (Å²) in [6.45, 7) is 4.01. The molecule has 1 saturated carbocycles. The summed E-state index contributed by atoms with van der Waals surface area (Å²) in [5.41, 5.74) is 7.49. The molecule has 2 amide bonds. The number of likely N-dealkylation sites (tertiary alicyclic amines) is 1. The van der Waals surface area contributed by atoms with E-state index in [9.17, 15) is 20.1 Å². The number of halogens is 1. The number of aromatic nitrogens is 4. The highest BCUT2D eigenvalue weighted by atomic mass is 35.5. The van der Waals surface area contributed by atoms with Crippen LogP contribution in [0.1, 0.15) is 36.8 Å². The molecule has 4 heterocycles. The van der Waals surface area contributed by atoms with Crippen molar-refractivity contribution in [1.82, 2.24) is 29.4 Å². The molecule has 42 heavy (non-hydrogen) atoms. The number of anilines is 4. The number of benzene rings is 1. The van der Waals surface area contributed by atoms with Crippen molar-refractivity contribution in [2.45, 2.75) is 37.8 Å². The summed E-state index contributed by atoms with van der Waals surface area (Å²) in [6, 6.07) is 8.39. The SMILES string of the molecule is N#Cc1cc(Nc2nc(NC3CC3)n3ncc(C#N)c3n2)c(Cl)c(N2CCN(C3CCN(C(=O)C(N)=O)CC3)CC2)c1. The van der Waals surface area contributed by atoms with E-state index in [0.717, 1.165) is 44.5 Å². The molecule has 0 radical (unpaired) electrons. The Morgan fingerprint density at radius 3 is 2.38 bits per heavy atom. The minimum Gasteiger partial charge on any atom is -0.368 e. The molecule has 3 fully saturated rings. The highest BCUT2D eigenvalue weighted by molar-refractivity contribution is 6.36. The summed E-state index contributed by atoms with van der Waals surface area (Å²) >= 11 is 6.92. The van der Waals surface area contributed by atoms with Crippen LogP contribution >= 0.6 is 11.6 Å². The van der Waals surface area contributed by atoms with Gasteiger partial charge in [0, 0.05) is 51.4 Å². The Labute approximate surface area is 246 Å². The van der Waals surface area contributed by atoms with Gasteiger partial charge in [-0.1, -0.05) is 11.6 Å². The Hall–Kier alpha value is -4.66. The quantitative estimate of drug-likeness (QED) is 0.354. The van der Waals surface area contributed by atoms with Crippen LogP contribution in [-0.4, -0.2) is 92.5 Å². The second-order valence-corrected chi connectivity index (χ2v) is 11.1. The molecule has 0 bridgehead atoms. The van der Waals surface area contributed by atoms with Crippen LogP contribution in [0.15, 0.2) is 18.3 Å². The van der Waals surface area contributed by atoms with E-state index in [4.69, 9.17) is 17.3 Å². The fraction of sp³-hybridized carbons (Fsp3) is 0.444. The minimum absolute atomic E-state index is 0.233. The Bertz CT molecular complexity index is 1620. The first-order valence-corrected chi connectivity index (χ1v) is 14.2. The number of hydrogen-bond acceptors (Lipinski definition) is 11. The summed E-state index contributed by atoms with van der Waals surface area (Å²) in [5, 5.41) is 30.5. The van der Waals surface area contributed by atoms with Gasteiger partial charge in [-0.25, -0.2) is 0 Å². The predicted molar refractivity (Wildman–Crippen MR) is 154 cm³/mol. The summed E-state index contributed by atoms with van der Waals surface area (Å²) in [7, 11) is 0. The highest BCUT2D eigenvalue weighted by Gasteiger charge is 2.31. The maximum atomic E-state index is 11.9. The van der Waals surface area contributed by atoms with Crippen LogP contribution in [0.25, 0.3) is 5.65 Å². The molecule has 0 spiro atoms. The van der Waals surface area contributed by atoms with Gasteiger partial charge in [0.15, 0.2) is 5.65 Å². The molecule has 2 aromatic heterocycles. The summed E-state index contributed by atoms with van der Waals surface area (Å²) in [4.78, 5) is 38.3. The van der Waals surface area contributed by atoms with Crippen molar-refractivity contribution in [2.24, 2.45) is 5.73 Å². The molecule has 3 aliphatic rings. The second-order valence-electron chi connectivity index (χ2n) is 10.7. The molecule has 0 atom stereocenters. The molecule has 216 valence electrons. The Morgan fingerprint density at radius 2 is 1.74 bits per heavy atom.